The highest BCUT2D eigenvalue weighted by atomic mass is 16.5. The summed E-state index contributed by atoms with van der Waals surface area (Å²) in [6.45, 7) is 4.16. The van der Waals surface area contributed by atoms with Gasteiger partial charge in [-0.05, 0) is 24.7 Å². The SMILES string of the molecule is CC(CO)C1CCCCOC1. The van der Waals surface area contributed by atoms with Crippen LogP contribution in [0.25, 0.3) is 0 Å². The topological polar surface area (TPSA) is 29.5 Å². The number of hydrogen-bond acceptors (Lipinski definition) is 2. The Balaban J connectivity index is 2.30. The molecule has 1 fully saturated rings. The minimum Gasteiger partial charge on any atom is -0.396 e. The highest BCUT2D eigenvalue weighted by molar-refractivity contribution is 4.67. The van der Waals surface area contributed by atoms with Crippen molar-refractivity contribution < 1.29 is 9.84 Å². The van der Waals surface area contributed by atoms with Gasteiger partial charge in [0.25, 0.3) is 0 Å². The van der Waals surface area contributed by atoms with E-state index < -0.39 is 0 Å². The molecule has 66 valence electrons. The lowest BCUT2D eigenvalue weighted by molar-refractivity contribution is 0.0785. The molecule has 1 heterocycles. The van der Waals surface area contributed by atoms with Crippen LogP contribution in [0.2, 0.25) is 0 Å². The summed E-state index contributed by atoms with van der Waals surface area (Å²) in [6.07, 6.45) is 3.67. The fraction of sp³-hybridized carbons (Fsp3) is 1.00. The minimum atomic E-state index is 0.300. The Morgan fingerprint density at radius 3 is 3.09 bits per heavy atom. The van der Waals surface area contributed by atoms with Crippen LogP contribution < -0.4 is 0 Å². The molecule has 1 rings (SSSR count). The van der Waals surface area contributed by atoms with Gasteiger partial charge in [-0.2, -0.15) is 0 Å². The Hall–Kier alpha value is -0.0800. The molecule has 0 bridgehead atoms. The smallest absolute Gasteiger partial charge is 0.0497 e. The first-order valence-electron chi connectivity index (χ1n) is 4.53. The average molecular weight is 158 g/mol. The summed E-state index contributed by atoms with van der Waals surface area (Å²) in [5.74, 6) is 0.996. The van der Waals surface area contributed by atoms with Crippen LogP contribution in [0.4, 0.5) is 0 Å². The zero-order valence-corrected chi connectivity index (χ0v) is 7.25. The largest absolute Gasteiger partial charge is 0.396 e. The summed E-state index contributed by atoms with van der Waals surface area (Å²) >= 11 is 0. The highest BCUT2D eigenvalue weighted by Crippen LogP contribution is 2.21. The number of hydrogen-bond donors (Lipinski definition) is 1. The van der Waals surface area contributed by atoms with Crippen molar-refractivity contribution in [2.75, 3.05) is 19.8 Å². The lowest BCUT2D eigenvalue weighted by Gasteiger charge is -2.19. The third-order valence-corrected chi connectivity index (χ3v) is 2.54. The van der Waals surface area contributed by atoms with Gasteiger partial charge in [0, 0.05) is 19.8 Å². The van der Waals surface area contributed by atoms with Crippen molar-refractivity contribution in [3.8, 4) is 0 Å². The van der Waals surface area contributed by atoms with E-state index in [4.69, 9.17) is 9.84 Å². The summed E-state index contributed by atoms with van der Waals surface area (Å²) in [5, 5.41) is 8.92. The van der Waals surface area contributed by atoms with E-state index >= 15 is 0 Å². The molecular weight excluding hydrogens is 140 g/mol. The van der Waals surface area contributed by atoms with Crippen molar-refractivity contribution >= 4 is 0 Å². The van der Waals surface area contributed by atoms with Gasteiger partial charge in [-0.3, -0.25) is 0 Å². The molecule has 0 amide bonds. The molecule has 0 aliphatic carbocycles. The first kappa shape index (κ1) is 9.01. The van der Waals surface area contributed by atoms with Gasteiger partial charge in [-0.1, -0.05) is 13.3 Å². The summed E-state index contributed by atoms with van der Waals surface area (Å²) < 4.78 is 5.42. The van der Waals surface area contributed by atoms with Gasteiger partial charge in [0.05, 0.1) is 0 Å². The van der Waals surface area contributed by atoms with Gasteiger partial charge in [0.1, 0.15) is 0 Å². The van der Waals surface area contributed by atoms with Crippen LogP contribution in [0.3, 0.4) is 0 Å². The van der Waals surface area contributed by atoms with Crippen molar-refractivity contribution in [2.45, 2.75) is 26.2 Å². The van der Waals surface area contributed by atoms with E-state index in [1.165, 1.54) is 19.3 Å². The third-order valence-electron chi connectivity index (χ3n) is 2.54. The molecule has 2 unspecified atom stereocenters. The van der Waals surface area contributed by atoms with Crippen LogP contribution in [-0.2, 0) is 4.74 Å². The lowest BCUT2D eigenvalue weighted by atomic mass is 9.91. The molecule has 1 aliphatic rings. The Morgan fingerprint density at radius 1 is 1.55 bits per heavy atom. The molecule has 0 spiro atoms. The van der Waals surface area contributed by atoms with Crippen molar-refractivity contribution in [3.63, 3.8) is 0 Å². The monoisotopic (exact) mass is 158 g/mol. The fourth-order valence-corrected chi connectivity index (χ4v) is 1.53. The van der Waals surface area contributed by atoms with Crippen molar-refractivity contribution in [1.29, 1.82) is 0 Å². The second kappa shape index (κ2) is 4.73. The maximum Gasteiger partial charge on any atom is 0.0497 e. The summed E-state index contributed by atoms with van der Waals surface area (Å²) in [5.41, 5.74) is 0. The van der Waals surface area contributed by atoms with Gasteiger partial charge in [-0.25, -0.2) is 0 Å². The molecule has 1 saturated heterocycles. The molecule has 0 radical (unpaired) electrons. The van der Waals surface area contributed by atoms with Gasteiger partial charge in [0.15, 0.2) is 0 Å². The molecule has 2 heteroatoms. The van der Waals surface area contributed by atoms with E-state index in [2.05, 4.69) is 6.92 Å². The van der Waals surface area contributed by atoms with Crippen LogP contribution in [-0.4, -0.2) is 24.9 Å². The lowest BCUT2D eigenvalue weighted by Crippen LogP contribution is -2.19. The van der Waals surface area contributed by atoms with Gasteiger partial charge < -0.3 is 9.84 Å². The Labute approximate surface area is 68.6 Å². The second-order valence-corrected chi connectivity index (χ2v) is 3.49. The standard InChI is InChI=1S/C9H18O2/c1-8(6-10)9-4-2-3-5-11-7-9/h8-10H,2-7H2,1H3. The highest BCUT2D eigenvalue weighted by Gasteiger charge is 2.18. The molecule has 0 aromatic heterocycles. The molecule has 2 nitrogen and oxygen atoms in total. The van der Waals surface area contributed by atoms with Crippen LogP contribution in [0.5, 0.6) is 0 Å². The zero-order chi connectivity index (χ0) is 8.10. The Kier molecular flexibility index (Phi) is 3.87. The van der Waals surface area contributed by atoms with Crippen LogP contribution in [0.15, 0.2) is 0 Å². The van der Waals surface area contributed by atoms with Crippen molar-refractivity contribution in [1.82, 2.24) is 0 Å². The molecule has 11 heavy (non-hydrogen) atoms. The molecular formula is C9H18O2. The Morgan fingerprint density at radius 2 is 2.36 bits per heavy atom. The first-order valence-corrected chi connectivity index (χ1v) is 4.53. The number of rotatable bonds is 2. The van der Waals surface area contributed by atoms with E-state index in [1.807, 2.05) is 0 Å². The number of ether oxygens (including phenoxy) is 1. The van der Waals surface area contributed by atoms with Crippen molar-refractivity contribution in [2.24, 2.45) is 11.8 Å². The predicted octanol–water partition coefficient (Wildman–Crippen LogP) is 1.43. The zero-order valence-electron chi connectivity index (χ0n) is 7.25. The fourth-order valence-electron chi connectivity index (χ4n) is 1.53. The molecule has 2 atom stereocenters. The maximum absolute atomic E-state index is 8.92. The van der Waals surface area contributed by atoms with Crippen LogP contribution >= 0.6 is 0 Å². The van der Waals surface area contributed by atoms with Crippen LogP contribution in [0, 0.1) is 11.8 Å². The molecule has 0 aromatic carbocycles. The first-order chi connectivity index (χ1) is 5.34. The predicted molar refractivity (Wildman–Crippen MR) is 44.4 cm³/mol. The Bertz CT molecular complexity index is 95.7. The summed E-state index contributed by atoms with van der Waals surface area (Å²) in [7, 11) is 0. The normalized spacial score (nSPS) is 29.5. The van der Waals surface area contributed by atoms with E-state index in [0.717, 1.165) is 13.2 Å². The maximum atomic E-state index is 8.92. The molecule has 1 N–H and O–H groups in total. The van der Waals surface area contributed by atoms with Crippen LogP contribution in [0.1, 0.15) is 26.2 Å². The van der Waals surface area contributed by atoms with E-state index in [1.54, 1.807) is 0 Å². The van der Waals surface area contributed by atoms with Gasteiger partial charge in [0.2, 0.25) is 0 Å². The quantitative estimate of drug-likeness (QED) is 0.658. The van der Waals surface area contributed by atoms with Gasteiger partial charge in [-0.15, -0.1) is 0 Å². The number of aliphatic hydroxyl groups is 1. The minimum absolute atomic E-state index is 0.300. The molecule has 0 aromatic rings. The number of aliphatic hydroxyl groups excluding tert-OH is 1. The molecule has 1 aliphatic heterocycles. The van der Waals surface area contributed by atoms with E-state index in [-0.39, 0.29) is 0 Å². The third kappa shape index (κ3) is 2.80. The summed E-state index contributed by atoms with van der Waals surface area (Å²) in [4.78, 5) is 0. The second-order valence-electron chi connectivity index (χ2n) is 3.49. The summed E-state index contributed by atoms with van der Waals surface area (Å²) in [6, 6.07) is 0. The van der Waals surface area contributed by atoms with E-state index in [9.17, 15) is 0 Å². The average Bonchev–Trinajstić information content (AvgIpc) is 2.30. The van der Waals surface area contributed by atoms with Gasteiger partial charge >= 0.3 is 0 Å². The van der Waals surface area contributed by atoms with E-state index in [0.29, 0.717) is 18.4 Å². The molecule has 0 saturated carbocycles. The van der Waals surface area contributed by atoms with Crippen molar-refractivity contribution in [3.05, 3.63) is 0 Å².